The molecule has 3 fully saturated rings. The van der Waals surface area contributed by atoms with Crippen molar-refractivity contribution in [3.8, 4) is 11.5 Å². The van der Waals surface area contributed by atoms with Gasteiger partial charge in [-0.05, 0) is 107 Å². The van der Waals surface area contributed by atoms with E-state index in [1.165, 1.54) is 12.0 Å². The zero-order valence-corrected chi connectivity index (χ0v) is 33.8. The third-order valence-corrected chi connectivity index (χ3v) is 13.1. The zero-order valence-electron chi connectivity index (χ0n) is 30.1. The first-order valence-corrected chi connectivity index (χ1v) is 19.8. The first kappa shape index (κ1) is 39.2. The number of halogens is 6. The fourth-order valence-corrected chi connectivity index (χ4v) is 10.2. The van der Waals surface area contributed by atoms with Crippen LogP contribution in [-0.4, -0.2) is 45.8 Å². The Morgan fingerprint density at radius 2 is 1.68 bits per heavy atom. The minimum absolute atomic E-state index is 0.0446. The van der Waals surface area contributed by atoms with Gasteiger partial charge in [0.25, 0.3) is 11.8 Å². The van der Waals surface area contributed by atoms with Gasteiger partial charge in [0.15, 0.2) is 17.3 Å². The number of amides is 4. The molecule has 4 aliphatic rings. The maximum Gasteiger partial charge on any atom is 0.417 e. The molecular weight excluding hydrogens is 899 g/mol. The van der Waals surface area contributed by atoms with E-state index in [1.54, 1.807) is 48.5 Å². The summed E-state index contributed by atoms with van der Waals surface area (Å²) in [4.78, 5) is 64.1. The van der Waals surface area contributed by atoms with Gasteiger partial charge in [-0.3, -0.25) is 29.5 Å². The van der Waals surface area contributed by atoms with Crippen molar-refractivity contribution in [2.45, 2.75) is 43.7 Å². The molecule has 1 aromatic heterocycles. The number of nitrogens with zero attached hydrogens (tertiary/aromatic N) is 3. The number of carbonyl (C=O) groups excluding carboxylic acids is 4. The molecule has 8 rings (SSSR count). The molecule has 4 amide bonds. The molecule has 0 radical (unpaired) electrons. The highest BCUT2D eigenvalue weighted by atomic mass is 127. The summed E-state index contributed by atoms with van der Waals surface area (Å²) in [7, 11) is 1.38. The number of hydrogen-bond acceptors (Lipinski definition) is 8. The second kappa shape index (κ2) is 14.3. The minimum atomic E-state index is -4.76. The minimum Gasteiger partial charge on any atom is -0.504 e. The summed E-state index contributed by atoms with van der Waals surface area (Å²) < 4.78 is 46.5. The Kier molecular flexibility index (Phi) is 9.83. The highest BCUT2D eigenvalue weighted by Crippen LogP contribution is 2.64. The van der Waals surface area contributed by atoms with Crippen molar-refractivity contribution >= 4 is 80.9 Å². The topological polar surface area (TPSA) is 129 Å². The third-order valence-electron chi connectivity index (χ3n) is 11.8. The van der Waals surface area contributed by atoms with Crippen molar-refractivity contribution in [2.75, 3.05) is 17.4 Å². The van der Waals surface area contributed by atoms with Crippen molar-refractivity contribution in [1.29, 1.82) is 0 Å². The number of aryl methyl sites for hydroxylation is 1. The van der Waals surface area contributed by atoms with Crippen molar-refractivity contribution in [2.24, 2.45) is 23.7 Å². The summed E-state index contributed by atoms with van der Waals surface area (Å²) in [6, 6.07) is 17.6. The number of hydrogen-bond donors (Lipinski definition) is 2. The second-order valence-electron chi connectivity index (χ2n) is 14.5. The zero-order chi connectivity index (χ0) is 40.7. The number of anilines is 2. The van der Waals surface area contributed by atoms with Crippen LogP contribution in [0, 0.1) is 27.2 Å². The smallest absolute Gasteiger partial charge is 0.417 e. The number of rotatable bonds is 7. The number of benzene rings is 3. The van der Waals surface area contributed by atoms with Crippen LogP contribution < -0.4 is 15.1 Å². The predicted octanol–water partition coefficient (Wildman–Crippen LogP) is 8.48. The number of carbonyl (C=O) groups is 4. The molecule has 3 heterocycles. The average molecular weight is 932 g/mol. The van der Waals surface area contributed by atoms with Crippen LogP contribution in [-0.2, 0) is 37.2 Å². The van der Waals surface area contributed by atoms with Crippen molar-refractivity contribution in [3.63, 3.8) is 0 Å². The van der Waals surface area contributed by atoms with E-state index in [2.05, 4.69) is 10.4 Å². The van der Waals surface area contributed by atoms with Crippen LogP contribution in [0.3, 0.4) is 0 Å². The van der Waals surface area contributed by atoms with E-state index in [-0.39, 0.29) is 36.1 Å². The fourth-order valence-electron chi connectivity index (χ4n) is 9.21. The summed E-state index contributed by atoms with van der Waals surface area (Å²) >= 11 is 14.6. The lowest BCUT2D eigenvalue weighted by Gasteiger charge is -2.50. The molecule has 16 heteroatoms. The quantitative estimate of drug-likeness (QED) is 0.107. The standard InChI is InChI=1S/C41H32Cl2F3IN4O6/c1-3-19-4-10-24(11-5-19)50-36(53)26-13-12-25-27(32(26)38(50)55)17-28-37(54)51(49-35-29(43)16-22(18-48-35)41(44,45)46)39(56)40(28,21-6-8-23(42)9-7-21)33(25)20-14-30(47)34(52)31(15-20)57-2/h4-12,14-16,18,26-28,32-33,52H,3,13,17H2,1-2H3,(H,48,49). The highest BCUT2D eigenvalue weighted by molar-refractivity contribution is 14.1. The van der Waals surface area contributed by atoms with Gasteiger partial charge in [0.1, 0.15) is 0 Å². The van der Waals surface area contributed by atoms with E-state index in [1.807, 2.05) is 47.7 Å². The fraction of sp³-hybridized carbons (Fsp3) is 0.293. The largest absolute Gasteiger partial charge is 0.504 e. The molecule has 294 valence electrons. The van der Waals surface area contributed by atoms with E-state index >= 15 is 4.79 Å². The average Bonchev–Trinajstić information content (AvgIpc) is 3.57. The third kappa shape index (κ3) is 6.08. The van der Waals surface area contributed by atoms with Gasteiger partial charge in [-0.15, -0.1) is 0 Å². The molecule has 3 aromatic carbocycles. The van der Waals surface area contributed by atoms with Gasteiger partial charge >= 0.3 is 6.18 Å². The van der Waals surface area contributed by atoms with E-state index in [0.717, 1.165) is 17.0 Å². The molecule has 2 aliphatic heterocycles. The van der Waals surface area contributed by atoms with Gasteiger partial charge in [-0.25, -0.2) is 4.98 Å². The van der Waals surface area contributed by atoms with Crippen LogP contribution in [0.1, 0.15) is 47.9 Å². The number of imide groups is 2. The van der Waals surface area contributed by atoms with E-state index in [4.69, 9.17) is 27.9 Å². The number of phenols is 1. The number of allylic oxidation sites excluding steroid dienone is 2. The highest BCUT2D eigenvalue weighted by Gasteiger charge is 2.70. The van der Waals surface area contributed by atoms with Gasteiger partial charge in [-0.1, -0.05) is 66.0 Å². The Bertz CT molecular complexity index is 2400. The monoisotopic (exact) mass is 930 g/mol. The van der Waals surface area contributed by atoms with Crippen molar-refractivity contribution < 1.29 is 42.2 Å². The molecule has 2 aliphatic carbocycles. The SMILES string of the molecule is CCc1ccc(N2C(=O)C3CC=C4C(CC5C(=O)N(Nc6ncc(C(F)(F)F)cc6Cl)C(=O)C5(c5ccc(Cl)cc5)C4c4cc(I)c(O)c(OC)c4)C3C2=O)cc1. The first-order valence-electron chi connectivity index (χ1n) is 18.0. The number of pyridine rings is 1. The van der Waals surface area contributed by atoms with Crippen LogP contribution in [0.15, 0.2) is 84.6 Å². The molecule has 2 saturated heterocycles. The van der Waals surface area contributed by atoms with Gasteiger partial charge in [0, 0.05) is 17.1 Å². The maximum absolute atomic E-state index is 15.4. The molecule has 57 heavy (non-hydrogen) atoms. The number of ether oxygens (including phenoxy) is 1. The van der Waals surface area contributed by atoms with Crippen LogP contribution in [0.5, 0.6) is 11.5 Å². The van der Waals surface area contributed by atoms with E-state index in [0.29, 0.717) is 43.2 Å². The lowest BCUT2D eigenvalue weighted by atomic mass is 9.49. The molecular formula is C41H32Cl2F3IN4O6. The summed E-state index contributed by atoms with van der Waals surface area (Å²) in [6.07, 6.45) is -1.44. The molecule has 10 nitrogen and oxygen atoms in total. The lowest BCUT2D eigenvalue weighted by Crippen LogP contribution is -2.53. The molecule has 6 atom stereocenters. The Balaban J connectivity index is 1.32. The maximum atomic E-state index is 15.4. The molecule has 0 bridgehead atoms. The number of phenolic OH excluding ortho intramolecular Hbond substituents is 1. The summed E-state index contributed by atoms with van der Waals surface area (Å²) in [5.41, 5.74) is 2.72. The normalized spacial score (nSPS) is 25.6. The van der Waals surface area contributed by atoms with Crippen LogP contribution in [0.4, 0.5) is 24.7 Å². The number of methoxy groups -OCH3 is 1. The van der Waals surface area contributed by atoms with Crippen molar-refractivity contribution in [3.05, 3.63) is 120 Å². The van der Waals surface area contributed by atoms with Crippen LogP contribution >= 0.6 is 45.8 Å². The molecule has 2 N–H and O–H groups in total. The van der Waals surface area contributed by atoms with Gasteiger partial charge in [0.2, 0.25) is 11.8 Å². The van der Waals surface area contributed by atoms with E-state index in [9.17, 15) is 32.7 Å². The Labute approximate surface area is 348 Å². The molecule has 4 aromatic rings. The number of hydrazine groups is 1. The second-order valence-corrected chi connectivity index (χ2v) is 16.5. The summed E-state index contributed by atoms with van der Waals surface area (Å²) in [5, 5.41) is 11.5. The summed E-state index contributed by atoms with van der Waals surface area (Å²) in [6.45, 7) is 2.00. The molecule has 0 spiro atoms. The predicted molar refractivity (Wildman–Crippen MR) is 213 cm³/mol. The number of alkyl halides is 3. The van der Waals surface area contributed by atoms with Crippen LogP contribution in [0.25, 0.3) is 0 Å². The van der Waals surface area contributed by atoms with Crippen molar-refractivity contribution in [1.82, 2.24) is 9.99 Å². The Morgan fingerprint density at radius 3 is 2.32 bits per heavy atom. The number of aromatic nitrogens is 1. The first-order chi connectivity index (χ1) is 27.1. The molecule has 1 saturated carbocycles. The van der Waals surface area contributed by atoms with Gasteiger partial charge in [0.05, 0.1) is 50.1 Å². The number of aromatic hydroxyl groups is 1. The van der Waals surface area contributed by atoms with Crippen LogP contribution in [0.2, 0.25) is 10.0 Å². The Hall–Kier alpha value is -4.67. The summed E-state index contributed by atoms with van der Waals surface area (Å²) in [5.74, 6) is -7.25. The number of nitrogens with one attached hydrogen (secondary N) is 1. The van der Waals surface area contributed by atoms with Gasteiger partial charge < -0.3 is 9.84 Å². The Morgan fingerprint density at radius 1 is 0.982 bits per heavy atom. The van der Waals surface area contributed by atoms with E-state index < -0.39 is 69.5 Å². The lowest BCUT2D eigenvalue weighted by molar-refractivity contribution is -0.139. The number of fused-ring (bicyclic) bond motifs is 4. The molecule has 6 unspecified atom stereocenters. The van der Waals surface area contributed by atoms with Gasteiger partial charge in [-0.2, -0.15) is 18.2 Å².